The summed E-state index contributed by atoms with van der Waals surface area (Å²) in [6.07, 6.45) is 0. The SMILES string of the molecule is CCNc1cc(Oc2cccc(CO)c2)nc(C)n1. The third-order valence-corrected chi connectivity index (χ3v) is 2.48. The fourth-order valence-electron chi connectivity index (χ4n) is 1.69. The molecule has 0 saturated carbocycles. The van der Waals surface area contributed by atoms with E-state index in [1.54, 1.807) is 12.1 Å². The Balaban J connectivity index is 2.22. The van der Waals surface area contributed by atoms with Gasteiger partial charge in [0.2, 0.25) is 5.88 Å². The molecule has 0 radical (unpaired) electrons. The first-order chi connectivity index (χ1) is 9.21. The Morgan fingerprint density at radius 1 is 1.26 bits per heavy atom. The van der Waals surface area contributed by atoms with Crippen molar-refractivity contribution in [2.24, 2.45) is 0 Å². The van der Waals surface area contributed by atoms with Crippen LogP contribution in [-0.4, -0.2) is 21.6 Å². The minimum atomic E-state index is -0.0113. The average molecular weight is 259 g/mol. The van der Waals surface area contributed by atoms with Gasteiger partial charge < -0.3 is 15.2 Å². The van der Waals surface area contributed by atoms with E-state index in [4.69, 9.17) is 9.84 Å². The highest BCUT2D eigenvalue weighted by atomic mass is 16.5. The molecule has 0 spiro atoms. The van der Waals surface area contributed by atoms with Crippen LogP contribution >= 0.6 is 0 Å². The van der Waals surface area contributed by atoms with Crippen molar-refractivity contribution in [2.45, 2.75) is 20.5 Å². The van der Waals surface area contributed by atoms with Crippen LogP contribution < -0.4 is 10.1 Å². The van der Waals surface area contributed by atoms with Crippen LogP contribution in [0.5, 0.6) is 11.6 Å². The first kappa shape index (κ1) is 13.3. The second-order valence-corrected chi connectivity index (χ2v) is 4.08. The molecule has 0 fully saturated rings. The summed E-state index contributed by atoms with van der Waals surface area (Å²) in [6, 6.07) is 9.03. The van der Waals surface area contributed by atoms with Gasteiger partial charge in [0.15, 0.2) is 0 Å². The zero-order valence-electron chi connectivity index (χ0n) is 11.1. The van der Waals surface area contributed by atoms with Crippen LogP contribution in [0, 0.1) is 6.92 Å². The molecule has 1 heterocycles. The summed E-state index contributed by atoms with van der Waals surface area (Å²) in [5, 5.41) is 12.2. The van der Waals surface area contributed by atoms with Gasteiger partial charge in [-0.3, -0.25) is 0 Å². The molecule has 0 aliphatic rings. The monoisotopic (exact) mass is 259 g/mol. The van der Waals surface area contributed by atoms with E-state index in [-0.39, 0.29) is 6.61 Å². The second kappa shape index (κ2) is 6.15. The molecule has 19 heavy (non-hydrogen) atoms. The smallest absolute Gasteiger partial charge is 0.224 e. The summed E-state index contributed by atoms with van der Waals surface area (Å²) >= 11 is 0. The number of hydrogen-bond acceptors (Lipinski definition) is 5. The van der Waals surface area contributed by atoms with Gasteiger partial charge in [0.25, 0.3) is 0 Å². The maximum atomic E-state index is 9.10. The van der Waals surface area contributed by atoms with E-state index in [0.29, 0.717) is 17.5 Å². The van der Waals surface area contributed by atoms with Crippen LogP contribution in [0.2, 0.25) is 0 Å². The minimum absolute atomic E-state index is 0.0113. The van der Waals surface area contributed by atoms with Gasteiger partial charge in [-0.2, -0.15) is 4.98 Å². The molecule has 2 aromatic rings. The minimum Gasteiger partial charge on any atom is -0.439 e. The van der Waals surface area contributed by atoms with E-state index in [1.807, 2.05) is 32.0 Å². The first-order valence-electron chi connectivity index (χ1n) is 6.18. The van der Waals surface area contributed by atoms with E-state index in [1.165, 1.54) is 0 Å². The Morgan fingerprint density at radius 3 is 2.84 bits per heavy atom. The lowest BCUT2D eigenvalue weighted by Gasteiger charge is -2.09. The normalized spacial score (nSPS) is 10.3. The fraction of sp³-hybridized carbons (Fsp3) is 0.286. The molecule has 0 bridgehead atoms. The van der Waals surface area contributed by atoms with Crippen molar-refractivity contribution in [2.75, 3.05) is 11.9 Å². The topological polar surface area (TPSA) is 67.3 Å². The summed E-state index contributed by atoms with van der Waals surface area (Å²) < 4.78 is 5.69. The molecule has 0 aliphatic heterocycles. The van der Waals surface area contributed by atoms with E-state index in [0.717, 1.165) is 17.9 Å². The lowest BCUT2D eigenvalue weighted by atomic mass is 10.2. The first-order valence-corrected chi connectivity index (χ1v) is 6.18. The number of aliphatic hydroxyl groups is 1. The largest absolute Gasteiger partial charge is 0.439 e. The number of aryl methyl sites for hydroxylation is 1. The molecule has 0 unspecified atom stereocenters. The van der Waals surface area contributed by atoms with Crippen molar-refractivity contribution in [1.29, 1.82) is 0 Å². The molecule has 1 aromatic heterocycles. The van der Waals surface area contributed by atoms with Crippen LogP contribution in [0.25, 0.3) is 0 Å². The Hall–Kier alpha value is -2.14. The third-order valence-electron chi connectivity index (χ3n) is 2.48. The maximum absolute atomic E-state index is 9.10. The summed E-state index contributed by atoms with van der Waals surface area (Å²) in [6.45, 7) is 4.60. The van der Waals surface area contributed by atoms with Crippen LogP contribution in [-0.2, 0) is 6.61 Å². The molecule has 100 valence electrons. The lowest BCUT2D eigenvalue weighted by Crippen LogP contribution is -2.02. The fourth-order valence-corrected chi connectivity index (χ4v) is 1.69. The molecular formula is C14H17N3O2. The molecule has 2 N–H and O–H groups in total. The zero-order valence-corrected chi connectivity index (χ0v) is 11.1. The average Bonchev–Trinajstić information content (AvgIpc) is 2.38. The van der Waals surface area contributed by atoms with Gasteiger partial charge >= 0.3 is 0 Å². The molecule has 0 aliphatic carbocycles. The van der Waals surface area contributed by atoms with Crippen molar-refractivity contribution in [3.63, 3.8) is 0 Å². The molecule has 2 rings (SSSR count). The van der Waals surface area contributed by atoms with Crippen molar-refractivity contribution < 1.29 is 9.84 Å². The van der Waals surface area contributed by atoms with E-state index < -0.39 is 0 Å². The molecule has 0 amide bonds. The highest BCUT2D eigenvalue weighted by molar-refractivity contribution is 5.40. The van der Waals surface area contributed by atoms with Gasteiger partial charge in [-0.1, -0.05) is 12.1 Å². The lowest BCUT2D eigenvalue weighted by molar-refractivity contribution is 0.281. The number of rotatable bonds is 5. The molecule has 0 atom stereocenters. The van der Waals surface area contributed by atoms with Gasteiger partial charge in [-0.05, 0) is 31.5 Å². The van der Waals surface area contributed by atoms with Crippen molar-refractivity contribution in [1.82, 2.24) is 9.97 Å². The van der Waals surface area contributed by atoms with Gasteiger partial charge in [0.05, 0.1) is 6.61 Å². The molecule has 0 saturated heterocycles. The highest BCUT2D eigenvalue weighted by Crippen LogP contribution is 2.22. The van der Waals surface area contributed by atoms with Crippen molar-refractivity contribution in [3.8, 4) is 11.6 Å². The third kappa shape index (κ3) is 3.66. The van der Waals surface area contributed by atoms with Crippen LogP contribution in [0.15, 0.2) is 30.3 Å². The number of hydrogen-bond donors (Lipinski definition) is 2. The standard InChI is InChI=1S/C14H17N3O2/c1-3-15-13-8-14(17-10(2)16-13)19-12-6-4-5-11(7-12)9-18/h4-8,18H,3,9H2,1-2H3,(H,15,16,17). The van der Waals surface area contributed by atoms with Crippen molar-refractivity contribution >= 4 is 5.82 Å². The maximum Gasteiger partial charge on any atom is 0.224 e. The van der Waals surface area contributed by atoms with Gasteiger partial charge in [0.1, 0.15) is 17.4 Å². The number of nitrogens with one attached hydrogen (secondary N) is 1. The Morgan fingerprint density at radius 2 is 2.11 bits per heavy atom. The Bertz CT molecular complexity index is 558. The van der Waals surface area contributed by atoms with Crippen LogP contribution in [0.3, 0.4) is 0 Å². The molecule has 1 aromatic carbocycles. The summed E-state index contributed by atoms with van der Waals surface area (Å²) in [7, 11) is 0. The van der Waals surface area contributed by atoms with Gasteiger partial charge in [-0.15, -0.1) is 0 Å². The summed E-state index contributed by atoms with van der Waals surface area (Å²) in [4.78, 5) is 8.49. The zero-order chi connectivity index (χ0) is 13.7. The predicted molar refractivity (Wildman–Crippen MR) is 73.4 cm³/mol. The highest BCUT2D eigenvalue weighted by Gasteiger charge is 2.04. The Kier molecular flexibility index (Phi) is 4.30. The number of aromatic nitrogens is 2. The summed E-state index contributed by atoms with van der Waals surface area (Å²) in [5.74, 6) is 2.51. The van der Waals surface area contributed by atoms with Crippen LogP contribution in [0.4, 0.5) is 5.82 Å². The van der Waals surface area contributed by atoms with Crippen molar-refractivity contribution in [3.05, 3.63) is 41.7 Å². The number of aliphatic hydroxyl groups excluding tert-OH is 1. The predicted octanol–water partition coefficient (Wildman–Crippen LogP) is 2.50. The Labute approximate surface area is 112 Å². The van der Waals surface area contributed by atoms with Gasteiger partial charge in [-0.25, -0.2) is 4.98 Å². The number of benzene rings is 1. The number of anilines is 1. The quantitative estimate of drug-likeness (QED) is 0.863. The van der Waals surface area contributed by atoms with E-state index in [9.17, 15) is 0 Å². The van der Waals surface area contributed by atoms with Crippen LogP contribution in [0.1, 0.15) is 18.3 Å². The van der Waals surface area contributed by atoms with Gasteiger partial charge in [0, 0.05) is 12.6 Å². The number of ether oxygens (including phenoxy) is 1. The van der Waals surface area contributed by atoms with E-state index >= 15 is 0 Å². The molecule has 5 nitrogen and oxygen atoms in total. The number of nitrogens with zero attached hydrogens (tertiary/aromatic N) is 2. The molecule has 5 heteroatoms. The summed E-state index contributed by atoms with van der Waals surface area (Å²) in [5.41, 5.74) is 0.801. The van der Waals surface area contributed by atoms with E-state index in [2.05, 4.69) is 15.3 Å². The second-order valence-electron chi connectivity index (χ2n) is 4.08. The molecular weight excluding hydrogens is 242 g/mol.